The minimum absolute atomic E-state index is 0.0516. The fourth-order valence-corrected chi connectivity index (χ4v) is 2.40. The molecule has 0 radical (unpaired) electrons. The van der Waals surface area contributed by atoms with Gasteiger partial charge in [0, 0.05) is 11.3 Å². The Morgan fingerprint density at radius 3 is 2.44 bits per heavy atom. The number of rotatable bonds is 4. The maximum Gasteiger partial charge on any atom is 0.278 e. The van der Waals surface area contributed by atoms with Crippen LogP contribution in [-0.4, -0.2) is 26.7 Å². The van der Waals surface area contributed by atoms with Gasteiger partial charge >= 0.3 is 0 Å². The molecule has 0 saturated heterocycles. The minimum Gasteiger partial charge on any atom is -0.324 e. The van der Waals surface area contributed by atoms with Crippen molar-refractivity contribution in [2.75, 3.05) is 5.32 Å². The van der Waals surface area contributed by atoms with Gasteiger partial charge in [0.1, 0.15) is 11.6 Å². The van der Waals surface area contributed by atoms with Crippen molar-refractivity contribution in [3.63, 3.8) is 0 Å². The molecule has 7 nitrogen and oxygen atoms in total. The lowest BCUT2D eigenvalue weighted by atomic mass is 10.1. The Labute approximate surface area is 143 Å². The number of benzene rings is 2. The summed E-state index contributed by atoms with van der Waals surface area (Å²) in [5.41, 5.74) is 1.20. The zero-order valence-electron chi connectivity index (χ0n) is 13.8. The molecule has 25 heavy (non-hydrogen) atoms. The fraction of sp³-hybridized carbons (Fsp3) is 0.167. The summed E-state index contributed by atoms with van der Waals surface area (Å²) in [7, 11) is 0. The Hall–Kier alpha value is -3.35. The number of aromatic nitrogens is 3. The molecule has 1 aromatic heterocycles. The van der Waals surface area contributed by atoms with Crippen LogP contribution in [0.1, 0.15) is 30.2 Å². The Bertz CT molecular complexity index is 1010. The summed E-state index contributed by atoms with van der Waals surface area (Å²) >= 11 is 0. The third-order valence-electron chi connectivity index (χ3n) is 3.90. The lowest BCUT2D eigenvalue weighted by Gasteiger charge is -2.14. The summed E-state index contributed by atoms with van der Waals surface area (Å²) in [5, 5.41) is 10.9. The number of carbonyl (C=O) groups excluding carboxylic acids is 2. The lowest BCUT2D eigenvalue weighted by molar-refractivity contribution is -0.119. The van der Waals surface area contributed by atoms with Crippen LogP contribution in [0.25, 0.3) is 10.9 Å². The number of Topliss-reactive ketones (excluding diaryl/α,β-unsaturated/α-hetero) is 1. The molecular formula is C18H16N4O3. The van der Waals surface area contributed by atoms with E-state index in [2.05, 4.69) is 15.6 Å². The topological polar surface area (TPSA) is 93.9 Å². The molecule has 1 amide bonds. The molecule has 7 heteroatoms. The molecule has 3 aromatic rings. The highest BCUT2D eigenvalue weighted by Gasteiger charge is 2.19. The first kappa shape index (κ1) is 16.5. The summed E-state index contributed by atoms with van der Waals surface area (Å²) < 4.78 is 1.06. The van der Waals surface area contributed by atoms with E-state index in [0.717, 1.165) is 4.68 Å². The van der Waals surface area contributed by atoms with Crippen molar-refractivity contribution >= 4 is 28.3 Å². The molecule has 126 valence electrons. The van der Waals surface area contributed by atoms with Crippen LogP contribution < -0.4 is 10.9 Å². The molecule has 1 atom stereocenters. The van der Waals surface area contributed by atoms with Crippen LogP contribution in [-0.2, 0) is 4.79 Å². The van der Waals surface area contributed by atoms with Crippen LogP contribution >= 0.6 is 0 Å². The molecule has 0 aliphatic rings. The van der Waals surface area contributed by atoms with Crippen molar-refractivity contribution in [3.8, 4) is 0 Å². The van der Waals surface area contributed by atoms with Gasteiger partial charge in [-0.15, -0.1) is 5.10 Å². The highest BCUT2D eigenvalue weighted by Crippen LogP contribution is 2.13. The minimum atomic E-state index is -0.836. The summed E-state index contributed by atoms with van der Waals surface area (Å²) in [4.78, 5) is 36.2. The predicted octanol–water partition coefficient (Wildman–Crippen LogP) is 2.19. The third kappa shape index (κ3) is 3.30. The van der Waals surface area contributed by atoms with Gasteiger partial charge in [0.25, 0.3) is 5.56 Å². The highest BCUT2D eigenvalue weighted by molar-refractivity contribution is 5.96. The first-order valence-electron chi connectivity index (χ1n) is 7.73. The maximum atomic E-state index is 12.5. The second-order valence-electron chi connectivity index (χ2n) is 5.66. The van der Waals surface area contributed by atoms with Gasteiger partial charge in [0.15, 0.2) is 5.78 Å². The second-order valence-corrected chi connectivity index (χ2v) is 5.66. The van der Waals surface area contributed by atoms with E-state index in [1.54, 1.807) is 55.5 Å². The Morgan fingerprint density at radius 1 is 1.08 bits per heavy atom. The number of nitrogens with zero attached hydrogens (tertiary/aromatic N) is 3. The number of ketones is 1. The molecule has 1 N–H and O–H groups in total. The van der Waals surface area contributed by atoms with Crippen molar-refractivity contribution in [1.29, 1.82) is 0 Å². The maximum absolute atomic E-state index is 12.5. The van der Waals surface area contributed by atoms with E-state index in [-0.39, 0.29) is 11.3 Å². The predicted molar refractivity (Wildman–Crippen MR) is 93.6 cm³/mol. The first-order valence-corrected chi connectivity index (χ1v) is 7.73. The Kier molecular flexibility index (Phi) is 4.38. The normalized spacial score (nSPS) is 11.9. The molecule has 3 rings (SSSR count). The fourth-order valence-electron chi connectivity index (χ4n) is 2.40. The summed E-state index contributed by atoms with van der Waals surface area (Å²) in [6.07, 6.45) is 0. The highest BCUT2D eigenvalue weighted by atomic mass is 16.2. The smallest absolute Gasteiger partial charge is 0.278 e. The zero-order chi connectivity index (χ0) is 18.0. The first-order chi connectivity index (χ1) is 12.0. The van der Waals surface area contributed by atoms with Gasteiger partial charge in [0.2, 0.25) is 5.91 Å². The number of nitrogens with one attached hydrogen (secondary N) is 1. The molecule has 2 aromatic carbocycles. The third-order valence-corrected chi connectivity index (χ3v) is 3.90. The lowest BCUT2D eigenvalue weighted by Crippen LogP contribution is -2.34. The van der Waals surface area contributed by atoms with Crippen molar-refractivity contribution in [2.45, 2.75) is 19.9 Å². The molecule has 0 aliphatic heterocycles. The summed E-state index contributed by atoms with van der Waals surface area (Å²) in [5.74, 6) is -0.452. The zero-order valence-corrected chi connectivity index (χ0v) is 13.8. The van der Waals surface area contributed by atoms with Gasteiger partial charge in [-0.2, -0.15) is 4.68 Å². The molecule has 1 unspecified atom stereocenters. The van der Waals surface area contributed by atoms with E-state index in [0.29, 0.717) is 22.2 Å². The number of fused-ring (bicyclic) bond motifs is 1. The SMILES string of the molecule is CC(=O)c1ccc(NC(=O)C(C)n2nnc3ccccc3c2=O)cc1. The number of hydrogen-bond acceptors (Lipinski definition) is 5. The van der Waals surface area contributed by atoms with Crippen LogP contribution in [0.4, 0.5) is 5.69 Å². The van der Waals surface area contributed by atoms with Crippen LogP contribution in [0, 0.1) is 0 Å². The average Bonchev–Trinajstić information content (AvgIpc) is 2.62. The van der Waals surface area contributed by atoms with Gasteiger partial charge < -0.3 is 5.32 Å². The summed E-state index contributed by atoms with van der Waals surface area (Å²) in [6.45, 7) is 3.05. The largest absolute Gasteiger partial charge is 0.324 e. The summed E-state index contributed by atoms with van der Waals surface area (Å²) in [6, 6.07) is 12.5. The van der Waals surface area contributed by atoms with Crippen LogP contribution in [0.15, 0.2) is 53.3 Å². The molecule has 0 aliphatic carbocycles. The van der Waals surface area contributed by atoms with Gasteiger partial charge in [-0.1, -0.05) is 17.3 Å². The molecule has 0 bridgehead atoms. The molecule has 0 saturated carbocycles. The van der Waals surface area contributed by atoms with Crippen LogP contribution in [0.5, 0.6) is 0 Å². The van der Waals surface area contributed by atoms with E-state index in [1.807, 2.05) is 0 Å². The van der Waals surface area contributed by atoms with Gasteiger partial charge in [-0.3, -0.25) is 14.4 Å². The van der Waals surface area contributed by atoms with Crippen LogP contribution in [0.3, 0.4) is 0 Å². The molecular weight excluding hydrogens is 320 g/mol. The number of amides is 1. The van der Waals surface area contributed by atoms with Gasteiger partial charge in [-0.25, -0.2) is 0 Å². The molecule has 1 heterocycles. The van der Waals surface area contributed by atoms with E-state index in [4.69, 9.17) is 0 Å². The van der Waals surface area contributed by atoms with E-state index < -0.39 is 11.9 Å². The van der Waals surface area contributed by atoms with Gasteiger partial charge in [-0.05, 0) is 50.2 Å². The van der Waals surface area contributed by atoms with E-state index in [9.17, 15) is 14.4 Å². The number of carbonyl (C=O) groups is 2. The van der Waals surface area contributed by atoms with Gasteiger partial charge in [0.05, 0.1) is 5.39 Å². The number of anilines is 1. The monoisotopic (exact) mass is 336 g/mol. The molecule has 0 fully saturated rings. The van der Waals surface area contributed by atoms with Crippen molar-refractivity contribution in [1.82, 2.24) is 15.0 Å². The quantitative estimate of drug-likeness (QED) is 0.737. The Morgan fingerprint density at radius 2 is 1.76 bits per heavy atom. The van der Waals surface area contributed by atoms with Crippen LogP contribution in [0.2, 0.25) is 0 Å². The Balaban J connectivity index is 1.84. The van der Waals surface area contributed by atoms with Crippen molar-refractivity contribution < 1.29 is 9.59 Å². The van der Waals surface area contributed by atoms with Crippen molar-refractivity contribution in [2.24, 2.45) is 0 Å². The molecule has 0 spiro atoms. The second kappa shape index (κ2) is 6.64. The van der Waals surface area contributed by atoms with E-state index in [1.165, 1.54) is 6.92 Å². The standard InChI is InChI=1S/C18H16N4O3/c1-11(17(24)19-14-9-7-13(8-10-14)12(2)23)22-18(25)15-5-3-4-6-16(15)20-21-22/h3-11H,1-2H3,(H,19,24). The van der Waals surface area contributed by atoms with E-state index >= 15 is 0 Å². The number of hydrogen-bond donors (Lipinski definition) is 1. The average molecular weight is 336 g/mol. The van der Waals surface area contributed by atoms with Crippen molar-refractivity contribution in [3.05, 3.63) is 64.4 Å².